The topological polar surface area (TPSA) is 91.8 Å². The molecule has 0 aliphatic carbocycles. The molecule has 0 saturated heterocycles. The number of rotatable bonds is 7. The van der Waals surface area contributed by atoms with Crippen molar-refractivity contribution in [2.45, 2.75) is 11.4 Å². The summed E-state index contributed by atoms with van der Waals surface area (Å²) in [5, 5.41) is 0.932. The molecule has 9 heteroatoms. The Labute approximate surface area is 147 Å². The minimum absolute atomic E-state index is 0. The molecule has 1 aromatic rings. The van der Waals surface area contributed by atoms with Gasteiger partial charge in [0.05, 0.1) is 10.6 Å². The molecule has 0 aliphatic heterocycles. The maximum absolute atomic E-state index is 11.3. The van der Waals surface area contributed by atoms with Crippen LogP contribution in [0.5, 0.6) is 0 Å². The van der Waals surface area contributed by atoms with Crippen LogP contribution < -0.4 is 0 Å². The van der Waals surface area contributed by atoms with Crippen LogP contribution in [0.25, 0.3) is 0 Å². The summed E-state index contributed by atoms with van der Waals surface area (Å²) in [6, 6.07) is 5.75. The minimum atomic E-state index is -4.19. The van der Waals surface area contributed by atoms with Crippen LogP contribution in [-0.4, -0.2) is 75.2 Å². The van der Waals surface area contributed by atoms with Crippen LogP contribution in [-0.2, 0) is 26.5 Å². The van der Waals surface area contributed by atoms with Crippen molar-refractivity contribution >= 4 is 49.5 Å². The molecule has 21 heavy (non-hydrogen) atoms. The van der Waals surface area contributed by atoms with E-state index in [0.29, 0.717) is 13.1 Å². The summed E-state index contributed by atoms with van der Waals surface area (Å²) in [6.45, 7) is 4.05. The van der Waals surface area contributed by atoms with Crippen LogP contribution in [0.15, 0.2) is 41.1 Å². The first-order chi connectivity index (χ1) is 9.14. The summed E-state index contributed by atoms with van der Waals surface area (Å²) in [7, 11) is -5.65. The van der Waals surface area contributed by atoms with Crippen LogP contribution in [0, 0.1) is 0 Å². The standard InChI is InChI=1S/C12H17NO5S2.Na.H/c1-3-19(14,15)9-8-13(2)10-11-4-6-12(7-5-11)20(16,17)18;;/h3-7H,1,8-10H2,2H3,(H,16,17,18);;. The monoisotopic (exact) mass is 343 g/mol. The van der Waals surface area contributed by atoms with Gasteiger partial charge in [0.1, 0.15) is 0 Å². The molecule has 0 aromatic heterocycles. The first kappa shape index (κ1) is 20.8. The van der Waals surface area contributed by atoms with E-state index in [1.807, 2.05) is 0 Å². The van der Waals surface area contributed by atoms with Gasteiger partial charge in [0, 0.05) is 18.5 Å². The van der Waals surface area contributed by atoms with Gasteiger partial charge in [0.15, 0.2) is 9.84 Å². The molecule has 1 aromatic carbocycles. The van der Waals surface area contributed by atoms with Gasteiger partial charge in [-0.05, 0) is 24.7 Å². The van der Waals surface area contributed by atoms with Gasteiger partial charge in [-0.15, -0.1) is 0 Å². The molecule has 1 rings (SSSR count). The number of hydrogen-bond acceptors (Lipinski definition) is 5. The average Bonchev–Trinajstić information content (AvgIpc) is 2.36. The van der Waals surface area contributed by atoms with Gasteiger partial charge in [0.2, 0.25) is 0 Å². The van der Waals surface area contributed by atoms with E-state index in [4.69, 9.17) is 4.55 Å². The third-order valence-electron chi connectivity index (χ3n) is 2.69. The Kier molecular flexibility index (Phi) is 8.33. The third kappa shape index (κ3) is 7.55. The van der Waals surface area contributed by atoms with Crippen molar-refractivity contribution in [2.75, 3.05) is 19.3 Å². The van der Waals surface area contributed by atoms with Crippen LogP contribution in [0.2, 0.25) is 0 Å². The van der Waals surface area contributed by atoms with Crippen molar-refractivity contribution in [2.24, 2.45) is 0 Å². The molecule has 0 amide bonds. The molecule has 0 unspecified atom stereocenters. The quantitative estimate of drug-likeness (QED) is 0.565. The van der Waals surface area contributed by atoms with Gasteiger partial charge >= 0.3 is 29.6 Å². The van der Waals surface area contributed by atoms with Gasteiger partial charge in [-0.1, -0.05) is 18.7 Å². The van der Waals surface area contributed by atoms with Gasteiger partial charge in [0.25, 0.3) is 10.1 Å². The van der Waals surface area contributed by atoms with Gasteiger partial charge in [-0.25, -0.2) is 8.42 Å². The van der Waals surface area contributed by atoms with Gasteiger partial charge in [-0.3, -0.25) is 4.55 Å². The van der Waals surface area contributed by atoms with E-state index in [1.54, 1.807) is 24.1 Å². The first-order valence-corrected chi connectivity index (χ1v) is 8.90. The predicted molar refractivity (Wildman–Crippen MR) is 83.7 cm³/mol. The second kappa shape index (κ2) is 8.42. The zero-order valence-corrected chi connectivity index (χ0v) is 12.7. The van der Waals surface area contributed by atoms with Crippen molar-refractivity contribution in [1.29, 1.82) is 0 Å². The molecule has 0 atom stereocenters. The van der Waals surface area contributed by atoms with E-state index in [1.165, 1.54) is 12.1 Å². The average molecular weight is 343 g/mol. The van der Waals surface area contributed by atoms with Gasteiger partial charge in [-0.2, -0.15) is 8.42 Å². The van der Waals surface area contributed by atoms with Crippen LogP contribution in [0.4, 0.5) is 0 Å². The second-order valence-electron chi connectivity index (χ2n) is 4.39. The number of hydrogen-bond donors (Lipinski definition) is 1. The number of benzene rings is 1. The summed E-state index contributed by atoms with van der Waals surface area (Å²) < 4.78 is 53.2. The number of nitrogens with zero attached hydrogens (tertiary/aromatic N) is 1. The maximum atomic E-state index is 11.3. The molecule has 6 nitrogen and oxygen atoms in total. The van der Waals surface area contributed by atoms with E-state index in [2.05, 4.69) is 6.58 Å². The summed E-state index contributed by atoms with van der Waals surface area (Å²) in [5.41, 5.74) is 0.816. The van der Waals surface area contributed by atoms with Crippen molar-refractivity contribution in [3.8, 4) is 0 Å². The zero-order chi connectivity index (χ0) is 15.4. The molecule has 0 spiro atoms. The SMILES string of the molecule is C=CS(=O)(=O)CCN(C)Cc1ccc(S(=O)(=O)O)cc1.[NaH]. The van der Waals surface area contributed by atoms with E-state index in [-0.39, 0.29) is 40.2 Å². The molecule has 0 saturated carbocycles. The van der Waals surface area contributed by atoms with E-state index >= 15 is 0 Å². The summed E-state index contributed by atoms with van der Waals surface area (Å²) in [5.74, 6) is -0.0178. The van der Waals surface area contributed by atoms with Crippen molar-refractivity contribution in [3.63, 3.8) is 0 Å². The Morgan fingerprint density at radius 1 is 1.19 bits per heavy atom. The first-order valence-electron chi connectivity index (χ1n) is 5.74. The van der Waals surface area contributed by atoms with Gasteiger partial charge < -0.3 is 4.90 Å². The Morgan fingerprint density at radius 2 is 1.71 bits per heavy atom. The molecule has 0 bridgehead atoms. The normalized spacial score (nSPS) is 12.0. The fraction of sp³-hybridized carbons (Fsp3) is 0.333. The Hall–Kier alpha value is -0.220. The number of sulfone groups is 1. The Balaban J connectivity index is 0.00000400. The molecular formula is C12H18NNaO5S2. The van der Waals surface area contributed by atoms with Crippen molar-refractivity contribution in [1.82, 2.24) is 4.90 Å². The second-order valence-corrected chi connectivity index (χ2v) is 7.88. The predicted octanol–water partition coefficient (Wildman–Crippen LogP) is 0.275. The molecule has 0 heterocycles. The summed E-state index contributed by atoms with van der Waals surface area (Å²) >= 11 is 0. The van der Waals surface area contributed by atoms with Crippen LogP contribution in [0.3, 0.4) is 0 Å². The third-order valence-corrected chi connectivity index (χ3v) is 4.81. The van der Waals surface area contributed by atoms with Crippen LogP contribution >= 0.6 is 0 Å². The van der Waals surface area contributed by atoms with Crippen molar-refractivity contribution in [3.05, 3.63) is 41.8 Å². The van der Waals surface area contributed by atoms with E-state index < -0.39 is 20.0 Å². The molecule has 0 fully saturated rings. The molecule has 1 N–H and O–H groups in total. The molecule has 0 radical (unpaired) electrons. The molecular weight excluding hydrogens is 325 g/mol. The fourth-order valence-corrected chi connectivity index (χ4v) is 2.74. The fourth-order valence-electron chi connectivity index (χ4n) is 1.52. The molecule has 114 valence electrons. The van der Waals surface area contributed by atoms with E-state index in [9.17, 15) is 16.8 Å². The van der Waals surface area contributed by atoms with E-state index in [0.717, 1.165) is 11.0 Å². The van der Waals surface area contributed by atoms with Crippen molar-refractivity contribution < 1.29 is 21.4 Å². The Morgan fingerprint density at radius 3 is 2.14 bits per heavy atom. The Bertz CT molecular complexity index is 668. The van der Waals surface area contributed by atoms with Crippen LogP contribution in [0.1, 0.15) is 5.56 Å². The zero-order valence-electron chi connectivity index (χ0n) is 11.1. The summed E-state index contributed by atoms with van der Waals surface area (Å²) in [4.78, 5) is 1.63. The molecule has 0 aliphatic rings. The summed E-state index contributed by atoms with van der Waals surface area (Å²) in [6.07, 6.45) is 0.